The molecule has 4 rings (SSSR count). The maximum absolute atomic E-state index is 7.49. The van der Waals surface area contributed by atoms with E-state index in [1.54, 1.807) is 0 Å². The maximum atomic E-state index is 7.49. The number of hydrogen-bond acceptors (Lipinski definition) is 4. The summed E-state index contributed by atoms with van der Waals surface area (Å²) in [5.74, 6) is 0.830. The highest BCUT2D eigenvalue weighted by molar-refractivity contribution is 6.31. The molecule has 0 radical (unpaired) electrons. The molecular weight excluding hydrogens is 460 g/mol. The van der Waals surface area contributed by atoms with Crippen LogP contribution in [0.3, 0.4) is 0 Å². The summed E-state index contributed by atoms with van der Waals surface area (Å²) in [6.45, 7) is 3.55. The molecule has 1 aliphatic heterocycles. The summed E-state index contributed by atoms with van der Waals surface area (Å²) < 4.78 is 45.6. The van der Waals surface area contributed by atoms with Crippen LogP contribution < -0.4 is 4.74 Å². The second-order valence-electron chi connectivity index (χ2n) is 8.86. The van der Waals surface area contributed by atoms with Gasteiger partial charge < -0.3 is 18.9 Å². The van der Waals surface area contributed by atoms with Gasteiger partial charge in [0.1, 0.15) is 5.75 Å². The van der Waals surface area contributed by atoms with Crippen LogP contribution in [0.2, 0.25) is 5.02 Å². The summed E-state index contributed by atoms with van der Waals surface area (Å²) in [7, 11) is -2.49. The second kappa shape index (κ2) is 13.1. The highest BCUT2D eigenvalue weighted by atomic mass is 35.5. The molecule has 0 amide bonds. The van der Waals surface area contributed by atoms with E-state index in [4.69, 9.17) is 34.7 Å². The van der Waals surface area contributed by atoms with Gasteiger partial charge in [0.2, 0.25) is 0 Å². The molecular formula is C30H35ClO4. The van der Waals surface area contributed by atoms with Crippen LogP contribution in [0.1, 0.15) is 64.2 Å². The van der Waals surface area contributed by atoms with Crippen molar-refractivity contribution < 1.29 is 23.1 Å². The topological polar surface area (TPSA) is 36.9 Å². The van der Waals surface area contributed by atoms with E-state index >= 15 is 0 Å². The molecule has 0 spiro atoms. The Hall–Kier alpha value is -2.37. The van der Waals surface area contributed by atoms with Gasteiger partial charge in [0.25, 0.3) is 0 Å². The van der Waals surface area contributed by atoms with Gasteiger partial charge in [-0.15, -0.1) is 0 Å². The summed E-state index contributed by atoms with van der Waals surface area (Å²) in [6.07, 6.45) is 3.13. The quantitative estimate of drug-likeness (QED) is 0.278. The predicted molar refractivity (Wildman–Crippen MR) is 140 cm³/mol. The van der Waals surface area contributed by atoms with Gasteiger partial charge in [-0.1, -0.05) is 60.1 Å². The second-order valence-corrected chi connectivity index (χ2v) is 9.27. The first-order valence-electron chi connectivity index (χ1n) is 13.7. The maximum Gasteiger partial charge on any atom is 0.119 e. The van der Waals surface area contributed by atoms with Crippen LogP contribution in [0.15, 0.2) is 66.7 Å². The Kier molecular flexibility index (Phi) is 8.18. The summed E-state index contributed by atoms with van der Waals surface area (Å²) in [4.78, 5) is 0. The van der Waals surface area contributed by atoms with Gasteiger partial charge in [-0.05, 0) is 78.6 Å². The van der Waals surface area contributed by atoms with Crippen molar-refractivity contribution in [1.82, 2.24) is 0 Å². The number of benzene rings is 3. The minimum atomic E-state index is -2.49. The van der Waals surface area contributed by atoms with Gasteiger partial charge in [-0.2, -0.15) is 0 Å². The van der Waals surface area contributed by atoms with Crippen LogP contribution in [-0.4, -0.2) is 26.4 Å². The lowest BCUT2D eigenvalue weighted by molar-refractivity contribution is -0.0911. The molecule has 1 aliphatic rings. The average molecular weight is 498 g/mol. The largest absolute Gasteiger partial charge is 0.494 e. The average Bonchev–Trinajstić information content (AvgIpc) is 2.90. The first kappa shape index (κ1) is 21.9. The van der Waals surface area contributed by atoms with Crippen molar-refractivity contribution in [3.8, 4) is 5.75 Å². The zero-order valence-corrected chi connectivity index (χ0v) is 20.9. The van der Waals surface area contributed by atoms with Crippen molar-refractivity contribution in [3.63, 3.8) is 0 Å². The predicted octanol–water partition coefficient (Wildman–Crippen LogP) is 7.30. The first-order chi connectivity index (χ1) is 18.3. The van der Waals surface area contributed by atoms with E-state index in [0.29, 0.717) is 31.3 Å². The summed E-state index contributed by atoms with van der Waals surface area (Å²) >= 11 is 6.69. The SMILES string of the molecule is [2H]C([2H])([2H])OCc1cc(Cl)c(Cc2ccc(OCC)cc2)cc1C1CCCC(COCc2ccccc2)O1. The summed E-state index contributed by atoms with van der Waals surface area (Å²) in [6, 6.07) is 21.9. The molecule has 0 saturated carbocycles. The van der Waals surface area contributed by atoms with Crippen molar-refractivity contribution in [1.29, 1.82) is 0 Å². The smallest absolute Gasteiger partial charge is 0.119 e. The van der Waals surface area contributed by atoms with E-state index in [1.165, 1.54) is 0 Å². The lowest BCUT2D eigenvalue weighted by atomic mass is 9.92. The number of ether oxygens (including phenoxy) is 4. The van der Waals surface area contributed by atoms with Gasteiger partial charge in [0.05, 0.1) is 42.7 Å². The Morgan fingerprint density at radius 1 is 0.971 bits per heavy atom. The molecule has 0 N–H and O–H groups in total. The minimum Gasteiger partial charge on any atom is -0.494 e. The van der Waals surface area contributed by atoms with Crippen LogP contribution in [0.25, 0.3) is 0 Å². The Bertz CT molecular complexity index is 1150. The molecule has 2 atom stereocenters. The third-order valence-corrected chi connectivity index (χ3v) is 6.63. The highest BCUT2D eigenvalue weighted by Crippen LogP contribution is 2.36. The van der Waals surface area contributed by atoms with Crippen molar-refractivity contribution >= 4 is 11.6 Å². The van der Waals surface area contributed by atoms with Crippen molar-refractivity contribution in [2.24, 2.45) is 0 Å². The molecule has 1 saturated heterocycles. The lowest BCUT2D eigenvalue weighted by Gasteiger charge is -2.32. The summed E-state index contributed by atoms with van der Waals surface area (Å²) in [5, 5.41) is 0.574. The van der Waals surface area contributed by atoms with E-state index < -0.39 is 7.04 Å². The normalized spacial score (nSPS) is 19.5. The first-order valence-corrected chi connectivity index (χ1v) is 12.6. The monoisotopic (exact) mass is 497 g/mol. The number of rotatable bonds is 11. The van der Waals surface area contributed by atoms with Crippen molar-refractivity contribution in [3.05, 3.63) is 99.6 Å². The number of methoxy groups -OCH3 is 1. The molecule has 3 aromatic rings. The molecule has 2 unspecified atom stereocenters. The van der Waals surface area contributed by atoms with Crippen LogP contribution in [-0.2, 0) is 33.8 Å². The van der Waals surface area contributed by atoms with Gasteiger partial charge in [-0.25, -0.2) is 0 Å². The van der Waals surface area contributed by atoms with Crippen LogP contribution in [0, 0.1) is 0 Å². The molecule has 186 valence electrons. The molecule has 0 aromatic heterocycles. The van der Waals surface area contributed by atoms with Crippen LogP contribution in [0.4, 0.5) is 0 Å². The fraction of sp³-hybridized carbons (Fsp3) is 0.400. The Labute approximate surface area is 218 Å². The fourth-order valence-corrected chi connectivity index (χ4v) is 4.79. The molecule has 5 heteroatoms. The van der Waals surface area contributed by atoms with Gasteiger partial charge in [0.15, 0.2) is 0 Å². The standard InChI is InChI=1S/C30H35ClO4/c1-3-34-26-14-12-22(13-15-26)16-24-17-28(25(20-32-2)18-29(24)31)30-11-7-10-27(35-30)21-33-19-23-8-5-4-6-9-23/h4-6,8-9,12-15,17-18,27,30H,3,7,10-11,16,19-21H2,1-2H3/i2D3. The molecule has 0 aliphatic carbocycles. The number of hydrogen-bond donors (Lipinski definition) is 0. The van der Waals surface area contributed by atoms with Gasteiger partial charge in [-0.3, -0.25) is 0 Å². The molecule has 0 bridgehead atoms. The zero-order valence-electron chi connectivity index (χ0n) is 23.2. The zero-order chi connectivity index (χ0) is 27.0. The fourth-order valence-electron chi connectivity index (χ4n) is 4.54. The minimum absolute atomic E-state index is 0.0425. The Morgan fingerprint density at radius 3 is 2.57 bits per heavy atom. The Morgan fingerprint density at radius 2 is 1.80 bits per heavy atom. The molecule has 4 nitrogen and oxygen atoms in total. The molecule has 1 heterocycles. The lowest BCUT2D eigenvalue weighted by Crippen LogP contribution is -2.27. The van der Waals surface area contributed by atoms with Gasteiger partial charge in [0, 0.05) is 12.1 Å². The van der Waals surface area contributed by atoms with Gasteiger partial charge >= 0.3 is 0 Å². The van der Waals surface area contributed by atoms with Crippen LogP contribution in [0.5, 0.6) is 5.75 Å². The van der Waals surface area contributed by atoms with E-state index in [2.05, 4.69) is 6.07 Å². The molecule has 3 aromatic carbocycles. The highest BCUT2D eigenvalue weighted by Gasteiger charge is 2.26. The summed E-state index contributed by atoms with van der Waals surface area (Å²) in [5.41, 5.74) is 4.84. The van der Waals surface area contributed by atoms with Crippen molar-refractivity contribution in [2.45, 2.75) is 58.0 Å². The molecule has 35 heavy (non-hydrogen) atoms. The van der Waals surface area contributed by atoms with E-state index in [9.17, 15) is 0 Å². The molecule has 1 fully saturated rings. The Balaban J connectivity index is 1.50. The van der Waals surface area contributed by atoms with Crippen LogP contribution >= 0.6 is 11.6 Å². The van der Waals surface area contributed by atoms with E-state index in [0.717, 1.165) is 52.8 Å². The third-order valence-electron chi connectivity index (χ3n) is 6.28. The van der Waals surface area contributed by atoms with E-state index in [1.807, 2.05) is 67.6 Å². The third kappa shape index (κ3) is 7.31. The van der Waals surface area contributed by atoms with E-state index in [-0.39, 0.29) is 18.8 Å². The number of halogens is 1. The van der Waals surface area contributed by atoms with Crippen molar-refractivity contribution in [2.75, 3.05) is 20.3 Å².